The van der Waals surface area contributed by atoms with Gasteiger partial charge < -0.3 is 14.3 Å². The first-order valence-electron chi connectivity index (χ1n) is 7.54. The zero-order valence-electron chi connectivity index (χ0n) is 12.7. The highest BCUT2D eigenvalue weighted by Gasteiger charge is 2.45. The van der Waals surface area contributed by atoms with E-state index in [9.17, 15) is 4.79 Å². The number of furan rings is 1. The summed E-state index contributed by atoms with van der Waals surface area (Å²) >= 11 is 5.23. The Morgan fingerprint density at radius 3 is 3.14 bits per heavy atom. The van der Waals surface area contributed by atoms with E-state index < -0.39 is 0 Å². The van der Waals surface area contributed by atoms with Crippen LogP contribution < -0.4 is 5.32 Å². The van der Waals surface area contributed by atoms with Crippen molar-refractivity contribution in [2.24, 2.45) is 5.92 Å². The normalized spacial score (nSPS) is 20.3. The van der Waals surface area contributed by atoms with Crippen molar-refractivity contribution >= 4 is 18.1 Å². The van der Waals surface area contributed by atoms with E-state index in [-0.39, 0.29) is 23.7 Å². The van der Waals surface area contributed by atoms with Crippen LogP contribution in [0.15, 0.2) is 22.8 Å². The molecule has 0 bridgehead atoms. The standard InChI is InChI=1S/C15H20N4O2S/c1-9(2)13-17-18-15(22)19(13)6-5-16-14(20)11-8-10(11)12-4-3-7-21-12/h3-4,7,9-11H,5-6,8H2,1-2H3,(H,16,20)(H,18,22)/t10-,11-/m0/s1. The maximum absolute atomic E-state index is 12.1. The lowest BCUT2D eigenvalue weighted by Gasteiger charge is -2.10. The molecule has 2 heterocycles. The molecule has 1 aliphatic rings. The summed E-state index contributed by atoms with van der Waals surface area (Å²) < 4.78 is 7.89. The Morgan fingerprint density at radius 2 is 2.45 bits per heavy atom. The van der Waals surface area contributed by atoms with Crippen molar-refractivity contribution in [3.8, 4) is 0 Å². The van der Waals surface area contributed by atoms with Gasteiger partial charge in [0.15, 0.2) is 4.77 Å². The topological polar surface area (TPSA) is 75.8 Å². The number of amides is 1. The second-order valence-corrected chi connectivity index (χ2v) is 6.34. The highest BCUT2D eigenvalue weighted by Crippen LogP contribution is 2.47. The van der Waals surface area contributed by atoms with E-state index >= 15 is 0 Å². The molecule has 2 atom stereocenters. The SMILES string of the molecule is CC(C)c1n[nH]c(=S)n1CCNC(=O)[C@H]1C[C@@H]1c1ccco1. The first-order valence-corrected chi connectivity index (χ1v) is 7.95. The molecule has 0 saturated heterocycles. The van der Waals surface area contributed by atoms with Crippen LogP contribution in [-0.4, -0.2) is 27.2 Å². The average Bonchev–Trinajstić information content (AvgIpc) is 2.92. The number of nitrogens with zero attached hydrogens (tertiary/aromatic N) is 2. The van der Waals surface area contributed by atoms with Crippen LogP contribution in [0.2, 0.25) is 0 Å². The first kappa shape index (κ1) is 15.0. The van der Waals surface area contributed by atoms with Gasteiger partial charge >= 0.3 is 0 Å². The first-order chi connectivity index (χ1) is 10.6. The maximum atomic E-state index is 12.1. The summed E-state index contributed by atoms with van der Waals surface area (Å²) in [5.74, 6) is 2.46. The molecule has 1 saturated carbocycles. The smallest absolute Gasteiger partial charge is 0.223 e. The number of hydrogen-bond donors (Lipinski definition) is 2. The van der Waals surface area contributed by atoms with E-state index in [1.165, 1.54) is 0 Å². The second kappa shape index (κ2) is 6.08. The second-order valence-electron chi connectivity index (χ2n) is 5.95. The van der Waals surface area contributed by atoms with Gasteiger partial charge in [-0.3, -0.25) is 9.89 Å². The van der Waals surface area contributed by atoms with Crippen molar-refractivity contribution in [3.63, 3.8) is 0 Å². The molecule has 0 radical (unpaired) electrons. The van der Waals surface area contributed by atoms with Crippen LogP contribution in [0.5, 0.6) is 0 Å². The Morgan fingerprint density at radius 1 is 1.64 bits per heavy atom. The van der Waals surface area contributed by atoms with Crippen LogP contribution in [0.4, 0.5) is 0 Å². The summed E-state index contributed by atoms with van der Waals surface area (Å²) in [5, 5.41) is 10.0. The molecule has 1 fully saturated rings. The monoisotopic (exact) mass is 320 g/mol. The number of carbonyl (C=O) groups is 1. The number of aromatic amines is 1. The zero-order valence-corrected chi connectivity index (χ0v) is 13.5. The van der Waals surface area contributed by atoms with E-state index in [2.05, 4.69) is 29.4 Å². The largest absolute Gasteiger partial charge is 0.469 e. The maximum Gasteiger partial charge on any atom is 0.223 e. The highest BCUT2D eigenvalue weighted by atomic mass is 32.1. The molecule has 1 aliphatic carbocycles. The fourth-order valence-electron chi connectivity index (χ4n) is 2.71. The van der Waals surface area contributed by atoms with Crippen molar-refractivity contribution in [3.05, 3.63) is 34.8 Å². The predicted molar refractivity (Wildman–Crippen MR) is 84.1 cm³/mol. The molecule has 22 heavy (non-hydrogen) atoms. The van der Waals surface area contributed by atoms with Crippen LogP contribution >= 0.6 is 12.2 Å². The molecule has 0 unspecified atom stereocenters. The van der Waals surface area contributed by atoms with E-state index in [0.717, 1.165) is 18.0 Å². The number of carbonyl (C=O) groups excluding carboxylic acids is 1. The third kappa shape index (κ3) is 2.99. The molecule has 2 aromatic rings. The lowest BCUT2D eigenvalue weighted by Crippen LogP contribution is -2.29. The molecule has 1 amide bonds. The van der Waals surface area contributed by atoms with Crippen molar-refractivity contribution in [2.75, 3.05) is 6.54 Å². The quantitative estimate of drug-likeness (QED) is 0.802. The van der Waals surface area contributed by atoms with Gasteiger partial charge in [-0.2, -0.15) is 5.10 Å². The molecular formula is C15H20N4O2S. The van der Waals surface area contributed by atoms with Gasteiger partial charge in [0.05, 0.1) is 6.26 Å². The van der Waals surface area contributed by atoms with Gasteiger partial charge in [0.25, 0.3) is 0 Å². The molecule has 7 heteroatoms. The fourth-order valence-corrected chi connectivity index (χ4v) is 2.94. The molecule has 118 valence electrons. The minimum absolute atomic E-state index is 0.0352. The van der Waals surface area contributed by atoms with Gasteiger partial charge in [-0.25, -0.2) is 0 Å². The third-order valence-corrected chi connectivity index (χ3v) is 4.29. The molecule has 0 spiro atoms. The summed E-state index contributed by atoms with van der Waals surface area (Å²) in [4.78, 5) is 12.1. The Labute approximate surface area is 133 Å². The highest BCUT2D eigenvalue weighted by molar-refractivity contribution is 7.71. The Kier molecular flexibility index (Phi) is 4.15. The number of nitrogens with one attached hydrogen (secondary N) is 2. The van der Waals surface area contributed by atoms with Gasteiger partial charge in [-0.1, -0.05) is 13.8 Å². The summed E-state index contributed by atoms with van der Waals surface area (Å²) in [7, 11) is 0. The Balaban J connectivity index is 1.51. The van der Waals surface area contributed by atoms with Gasteiger partial charge in [-0.05, 0) is 30.8 Å². The summed E-state index contributed by atoms with van der Waals surface area (Å²) in [6, 6.07) is 3.79. The van der Waals surface area contributed by atoms with Crippen LogP contribution in [0.25, 0.3) is 0 Å². The van der Waals surface area contributed by atoms with Crippen molar-refractivity contribution in [2.45, 2.75) is 38.6 Å². The number of aromatic nitrogens is 3. The molecular weight excluding hydrogens is 300 g/mol. The van der Waals surface area contributed by atoms with Crippen LogP contribution in [0.1, 0.15) is 43.7 Å². The van der Waals surface area contributed by atoms with Gasteiger partial charge in [0.2, 0.25) is 5.91 Å². The molecule has 6 nitrogen and oxygen atoms in total. The minimum atomic E-state index is 0.0352. The molecule has 0 aromatic carbocycles. The average molecular weight is 320 g/mol. The Bertz CT molecular complexity index is 701. The lowest BCUT2D eigenvalue weighted by molar-refractivity contribution is -0.122. The number of H-pyrrole nitrogens is 1. The van der Waals surface area contributed by atoms with Gasteiger partial charge in [0, 0.05) is 30.8 Å². The van der Waals surface area contributed by atoms with Crippen molar-refractivity contribution in [1.82, 2.24) is 20.1 Å². The number of hydrogen-bond acceptors (Lipinski definition) is 4. The summed E-state index contributed by atoms with van der Waals surface area (Å²) in [5.41, 5.74) is 0. The van der Waals surface area contributed by atoms with Crippen LogP contribution in [0.3, 0.4) is 0 Å². The van der Waals surface area contributed by atoms with E-state index in [1.54, 1.807) is 6.26 Å². The lowest BCUT2D eigenvalue weighted by atomic mass is 10.2. The van der Waals surface area contributed by atoms with Crippen molar-refractivity contribution < 1.29 is 9.21 Å². The molecule has 2 N–H and O–H groups in total. The molecule has 3 rings (SSSR count). The van der Waals surface area contributed by atoms with Gasteiger partial charge in [-0.15, -0.1) is 0 Å². The summed E-state index contributed by atoms with van der Waals surface area (Å²) in [6.07, 6.45) is 2.51. The van der Waals surface area contributed by atoms with E-state index in [4.69, 9.17) is 16.6 Å². The van der Waals surface area contributed by atoms with E-state index in [0.29, 0.717) is 17.9 Å². The predicted octanol–water partition coefficient (Wildman–Crippen LogP) is 2.58. The fraction of sp³-hybridized carbons (Fsp3) is 0.533. The Hall–Kier alpha value is -1.89. The van der Waals surface area contributed by atoms with Crippen LogP contribution in [0, 0.1) is 10.7 Å². The number of rotatable bonds is 6. The van der Waals surface area contributed by atoms with Gasteiger partial charge in [0.1, 0.15) is 11.6 Å². The minimum Gasteiger partial charge on any atom is -0.469 e. The van der Waals surface area contributed by atoms with Crippen molar-refractivity contribution in [1.29, 1.82) is 0 Å². The van der Waals surface area contributed by atoms with E-state index in [1.807, 2.05) is 16.7 Å². The third-order valence-electron chi connectivity index (χ3n) is 3.97. The molecule has 2 aromatic heterocycles. The zero-order chi connectivity index (χ0) is 15.7. The molecule has 0 aliphatic heterocycles. The van der Waals surface area contributed by atoms with Crippen LogP contribution in [-0.2, 0) is 11.3 Å². The summed E-state index contributed by atoms with van der Waals surface area (Å²) in [6.45, 7) is 5.32.